The Labute approximate surface area is 194 Å². The Morgan fingerprint density at radius 3 is 2.56 bits per heavy atom. The number of anilines is 3. The van der Waals surface area contributed by atoms with Gasteiger partial charge in [-0.2, -0.15) is 0 Å². The summed E-state index contributed by atoms with van der Waals surface area (Å²) >= 11 is 1.69. The minimum absolute atomic E-state index is 0.877. The molecular weight excluding hydrogens is 412 g/mol. The lowest BCUT2D eigenvalue weighted by molar-refractivity contribution is 0.686. The van der Waals surface area contributed by atoms with Crippen LogP contribution in [-0.2, 0) is 12.8 Å². The summed E-state index contributed by atoms with van der Waals surface area (Å²) < 4.78 is 0. The molecule has 2 aromatic carbocycles. The van der Waals surface area contributed by atoms with E-state index >= 15 is 0 Å². The summed E-state index contributed by atoms with van der Waals surface area (Å²) in [5, 5.41) is 6.95. The molecule has 0 bridgehead atoms. The van der Waals surface area contributed by atoms with E-state index in [1.54, 1.807) is 17.7 Å². The summed E-state index contributed by atoms with van der Waals surface area (Å²) in [6, 6.07) is 13.6. The van der Waals surface area contributed by atoms with Crippen molar-refractivity contribution in [3.05, 3.63) is 64.8 Å². The van der Waals surface area contributed by atoms with Gasteiger partial charge in [0.25, 0.3) is 0 Å². The molecule has 0 fully saturated rings. The fourth-order valence-corrected chi connectivity index (χ4v) is 5.70. The Bertz CT molecular complexity index is 1260. The molecule has 2 heterocycles. The van der Waals surface area contributed by atoms with E-state index in [0.717, 1.165) is 34.8 Å². The molecule has 4 nitrogen and oxygen atoms in total. The maximum Gasteiger partial charge on any atom is 0.143 e. The molecule has 4 aromatic rings. The number of aromatic nitrogens is 2. The molecule has 0 radical (unpaired) electrons. The zero-order chi connectivity index (χ0) is 22.1. The molecule has 0 amide bonds. The smallest absolute Gasteiger partial charge is 0.143 e. The minimum atomic E-state index is 0.877. The molecule has 0 saturated carbocycles. The number of rotatable bonds is 6. The first-order chi connectivity index (χ1) is 15.7. The number of nitrogens with zero attached hydrogens (tertiary/aromatic N) is 3. The summed E-state index contributed by atoms with van der Waals surface area (Å²) in [5.41, 5.74) is 9.06. The Morgan fingerprint density at radius 1 is 0.969 bits per heavy atom. The zero-order valence-electron chi connectivity index (χ0n) is 19.1. The van der Waals surface area contributed by atoms with Gasteiger partial charge in [-0.15, -0.1) is 11.3 Å². The third-order valence-corrected chi connectivity index (χ3v) is 7.51. The van der Waals surface area contributed by atoms with Crippen LogP contribution in [0.1, 0.15) is 43.4 Å². The van der Waals surface area contributed by atoms with Gasteiger partial charge in [0, 0.05) is 35.4 Å². The largest absolute Gasteiger partial charge is 0.372 e. The molecule has 0 aliphatic heterocycles. The van der Waals surface area contributed by atoms with Gasteiger partial charge in [-0.25, -0.2) is 9.97 Å². The molecule has 5 rings (SSSR count). The van der Waals surface area contributed by atoms with Crippen LogP contribution in [0.3, 0.4) is 0 Å². The number of aryl methyl sites for hydroxylation is 3. The van der Waals surface area contributed by atoms with E-state index < -0.39 is 0 Å². The summed E-state index contributed by atoms with van der Waals surface area (Å²) in [6.07, 6.45) is 6.66. The van der Waals surface area contributed by atoms with Crippen molar-refractivity contribution in [2.75, 3.05) is 23.3 Å². The van der Waals surface area contributed by atoms with E-state index in [4.69, 9.17) is 0 Å². The molecule has 0 atom stereocenters. The molecule has 0 unspecified atom stereocenters. The predicted molar refractivity (Wildman–Crippen MR) is 138 cm³/mol. The number of thiophene rings is 1. The van der Waals surface area contributed by atoms with E-state index in [0.29, 0.717) is 0 Å². The minimum Gasteiger partial charge on any atom is -0.372 e. The quantitative estimate of drug-likeness (QED) is 0.345. The van der Waals surface area contributed by atoms with Crippen molar-refractivity contribution in [2.45, 2.75) is 46.5 Å². The van der Waals surface area contributed by atoms with Crippen molar-refractivity contribution in [1.29, 1.82) is 0 Å². The van der Waals surface area contributed by atoms with Crippen LogP contribution in [0, 0.1) is 6.92 Å². The fourth-order valence-electron chi connectivity index (χ4n) is 4.78. The van der Waals surface area contributed by atoms with E-state index in [2.05, 4.69) is 82.7 Å². The van der Waals surface area contributed by atoms with Crippen LogP contribution in [-0.4, -0.2) is 23.1 Å². The highest BCUT2D eigenvalue weighted by Crippen LogP contribution is 2.39. The average molecular weight is 443 g/mol. The Hall–Kier alpha value is -2.92. The summed E-state index contributed by atoms with van der Waals surface area (Å²) in [4.78, 5) is 12.6. The van der Waals surface area contributed by atoms with Crippen LogP contribution >= 0.6 is 11.3 Å². The van der Waals surface area contributed by atoms with E-state index in [9.17, 15) is 0 Å². The SMILES string of the molecule is CCN(CC)c1ccc(Nc2ncnc3scc(-c4ccc5c(c4)CCCC5)c23)c(C)c1. The first-order valence-corrected chi connectivity index (χ1v) is 12.5. The molecule has 32 heavy (non-hydrogen) atoms. The standard InChI is InChI=1S/C27H30N4S/c1-4-31(5-2)22-12-13-24(18(3)14-22)30-26-25-23(16-32-27(25)29-17-28-26)21-11-10-19-8-6-7-9-20(19)15-21/h10-17H,4-9H2,1-3H3,(H,28,29,30). The molecule has 1 N–H and O–H groups in total. The van der Waals surface area contributed by atoms with Gasteiger partial charge in [0.05, 0.1) is 5.39 Å². The molecule has 164 valence electrons. The third-order valence-electron chi connectivity index (χ3n) is 6.62. The maximum absolute atomic E-state index is 4.65. The normalized spacial score (nSPS) is 13.2. The first kappa shape index (κ1) is 21.0. The zero-order valence-corrected chi connectivity index (χ0v) is 19.9. The van der Waals surface area contributed by atoms with Crippen molar-refractivity contribution in [2.24, 2.45) is 0 Å². The molecule has 0 saturated heterocycles. The average Bonchev–Trinajstić information content (AvgIpc) is 3.26. The number of nitrogens with one attached hydrogen (secondary N) is 1. The van der Waals surface area contributed by atoms with Crippen LogP contribution in [0.2, 0.25) is 0 Å². The van der Waals surface area contributed by atoms with Gasteiger partial charge in [-0.05, 0) is 86.9 Å². The van der Waals surface area contributed by atoms with Gasteiger partial charge in [0.1, 0.15) is 17.0 Å². The predicted octanol–water partition coefficient (Wildman–Crippen LogP) is 7.14. The van der Waals surface area contributed by atoms with Gasteiger partial charge in [0.15, 0.2) is 0 Å². The lowest BCUT2D eigenvalue weighted by Crippen LogP contribution is -2.21. The van der Waals surface area contributed by atoms with Gasteiger partial charge in [-0.1, -0.05) is 18.2 Å². The number of hydrogen-bond acceptors (Lipinski definition) is 5. The Balaban J connectivity index is 1.53. The molecule has 1 aliphatic rings. The molecule has 5 heteroatoms. The maximum atomic E-state index is 4.65. The lowest BCUT2D eigenvalue weighted by Gasteiger charge is -2.22. The van der Waals surface area contributed by atoms with Gasteiger partial charge >= 0.3 is 0 Å². The van der Waals surface area contributed by atoms with Crippen LogP contribution in [0.25, 0.3) is 21.3 Å². The lowest BCUT2D eigenvalue weighted by atomic mass is 9.89. The molecule has 1 aliphatic carbocycles. The second-order valence-corrected chi connectivity index (χ2v) is 9.40. The second-order valence-electron chi connectivity index (χ2n) is 8.54. The second kappa shape index (κ2) is 8.91. The molecule has 0 spiro atoms. The highest BCUT2D eigenvalue weighted by atomic mass is 32.1. The highest BCUT2D eigenvalue weighted by molar-refractivity contribution is 7.17. The van der Waals surface area contributed by atoms with Gasteiger partial charge in [-0.3, -0.25) is 0 Å². The van der Waals surface area contributed by atoms with E-state index in [1.165, 1.54) is 59.2 Å². The number of benzene rings is 2. The summed E-state index contributed by atoms with van der Waals surface area (Å²) in [6.45, 7) is 8.57. The van der Waals surface area contributed by atoms with E-state index in [-0.39, 0.29) is 0 Å². The molecule has 2 aromatic heterocycles. The van der Waals surface area contributed by atoms with Crippen molar-refractivity contribution in [1.82, 2.24) is 9.97 Å². The van der Waals surface area contributed by atoms with Crippen LogP contribution in [0.5, 0.6) is 0 Å². The van der Waals surface area contributed by atoms with Crippen LogP contribution in [0.15, 0.2) is 48.1 Å². The van der Waals surface area contributed by atoms with E-state index in [1.807, 2.05) is 0 Å². The Kier molecular flexibility index (Phi) is 5.83. The Morgan fingerprint density at radius 2 is 1.78 bits per heavy atom. The monoisotopic (exact) mass is 442 g/mol. The van der Waals surface area contributed by atoms with Crippen molar-refractivity contribution in [3.8, 4) is 11.1 Å². The number of fused-ring (bicyclic) bond motifs is 2. The van der Waals surface area contributed by atoms with Gasteiger partial charge < -0.3 is 10.2 Å². The first-order valence-electron chi connectivity index (χ1n) is 11.6. The van der Waals surface area contributed by atoms with Crippen molar-refractivity contribution in [3.63, 3.8) is 0 Å². The fraction of sp³-hybridized carbons (Fsp3) is 0.333. The van der Waals surface area contributed by atoms with Crippen molar-refractivity contribution >= 4 is 38.7 Å². The topological polar surface area (TPSA) is 41.0 Å². The third kappa shape index (κ3) is 3.86. The van der Waals surface area contributed by atoms with Gasteiger partial charge in [0.2, 0.25) is 0 Å². The van der Waals surface area contributed by atoms with Crippen molar-refractivity contribution < 1.29 is 0 Å². The summed E-state index contributed by atoms with van der Waals surface area (Å²) in [5.74, 6) is 0.877. The number of hydrogen-bond donors (Lipinski definition) is 1. The molecular formula is C27H30N4S. The van der Waals surface area contributed by atoms with Crippen LogP contribution in [0.4, 0.5) is 17.2 Å². The van der Waals surface area contributed by atoms with Crippen LogP contribution < -0.4 is 10.2 Å². The summed E-state index contributed by atoms with van der Waals surface area (Å²) in [7, 11) is 0. The highest BCUT2D eigenvalue weighted by Gasteiger charge is 2.16.